The van der Waals surface area contributed by atoms with E-state index < -0.39 is 6.04 Å². The van der Waals surface area contributed by atoms with Crippen molar-refractivity contribution in [3.05, 3.63) is 59.4 Å². The minimum atomic E-state index is -0.498. The normalized spacial score (nSPS) is 16.9. The maximum absolute atomic E-state index is 12.9. The molecule has 1 aliphatic heterocycles. The molecule has 29 heavy (non-hydrogen) atoms. The lowest BCUT2D eigenvalue weighted by Crippen LogP contribution is -2.56. The van der Waals surface area contributed by atoms with E-state index in [1.54, 1.807) is 31.5 Å². The van der Waals surface area contributed by atoms with Crippen molar-refractivity contribution in [3.63, 3.8) is 0 Å². The lowest BCUT2D eigenvalue weighted by Gasteiger charge is -2.35. The summed E-state index contributed by atoms with van der Waals surface area (Å²) in [5, 5.41) is 2.89. The summed E-state index contributed by atoms with van der Waals surface area (Å²) < 4.78 is 5.44. The first-order valence-electron chi connectivity index (χ1n) is 9.76. The molecule has 0 radical (unpaired) electrons. The third kappa shape index (κ3) is 5.12. The highest BCUT2D eigenvalue weighted by Gasteiger charge is 2.32. The third-order valence-electron chi connectivity index (χ3n) is 5.35. The fourth-order valence-corrected chi connectivity index (χ4v) is 3.57. The van der Waals surface area contributed by atoms with Crippen molar-refractivity contribution in [2.24, 2.45) is 0 Å². The van der Waals surface area contributed by atoms with Crippen molar-refractivity contribution in [3.8, 4) is 5.75 Å². The summed E-state index contributed by atoms with van der Waals surface area (Å²) in [5.74, 6) is 0.620. The fraction of sp³-hybridized carbons (Fsp3) is 0.409. The quantitative estimate of drug-likeness (QED) is 0.772. The van der Waals surface area contributed by atoms with Gasteiger partial charge in [0.05, 0.1) is 19.6 Å². The van der Waals surface area contributed by atoms with Gasteiger partial charge < -0.3 is 15.0 Å². The number of ether oxygens (including phenoxy) is 1. The summed E-state index contributed by atoms with van der Waals surface area (Å²) in [6.07, 6.45) is 3.66. The number of para-hydroxylation sites is 1. The Morgan fingerprint density at radius 3 is 2.86 bits per heavy atom. The van der Waals surface area contributed by atoms with E-state index in [2.05, 4.69) is 15.2 Å². The van der Waals surface area contributed by atoms with Gasteiger partial charge in [-0.2, -0.15) is 0 Å². The van der Waals surface area contributed by atoms with Crippen LogP contribution in [0.2, 0.25) is 0 Å². The summed E-state index contributed by atoms with van der Waals surface area (Å²) in [5.41, 5.74) is 3.10. The van der Waals surface area contributed by atoms with Crippen LogP contribution >= 0.6 is 0 Å². The van der Waals surface area contributed by atoms with E-state index in [1.807, 2.05) is 37.3 Å². The van der Waals surface area contributed by atoms with Gasteiger partial charge in [0.2, 0.25) is 11.8 Å². The molecule has 2 aromatic rings. The van der Waals surface area contributed by atoms with Crippen molar-refractivity contribution in [1.29, 1.82) is 0 Å². The zero-order valence-electron chi connectivity index (χ0n) is 17.2. The van der Waals surface area contributed by atoms with Gasteiger partial charge in [-0.25, -0.2) is 0 Å². The number of carbonyl (C=O) groups excluding carboxylic acids is 2. The maximum atomic E-state index is 12.9. The number of nitrogens with zero attached hydrogens (tertiary/aromatic N) is 3. The summed E-state index contributed by atoms with van der Waals surface area (Å²) in [6, 6.07) is 9.19. The molecule has 0 bridgehead atoms. The molecule has 154 valence electrons. The molecule has 1 fully saturated rings. The Bertz CT molecular complexity index is 871. The number of pyridine rings is 1. The molecule has 2 heterocycles. The minimum absolute atomic E-state index is 0.0618. The zero-order chi connectivity index (χ0) is 20.8. The Hall–Kier alpha value is -2.93. The van der Waals surface area contributed by atoms with Crippen LogP contribution in [0.25, 0.3) is 0 Å². The monoisotopic (exact) mass is 396 g/mol. The molecule has 1 N–H and O–H groups in total. The third-order valence-corrected chi connectivity index (χ3v) is 5.35. The Balaban J connectivity index is 1.69. The Morgan fingerprint density at radius 2 is 2.10 bits per heavy atom. The van der Waals surface area contributed by atoms with E-state index in [0.717, 1.165) is 22.4 Å². The van der Waals surface area contributed by atoms with Crippen LogP contribution in [0.4, 0.5) is 0 Å². The van der Waals surface area contributed by atoms with E-state index in [9.17, 15) is 9.59 Å². The first kappa shape index (κ1) is 20.8. The number of carbonyl (C=O) groups is 2. The van der Waals surface area contributed by atoms with Gasteiger partial charge >= 0.3 is 0 Å². The van der Waals surface area contributed by atoms with E-state index in [1.165, 1.54) is 0 Å². The smallest absolute Gasteiger partial charge is 0.237 e. The van der Waals surface area contributed by atoms with Crippen LogP contribution in [0.5, 0.6) is 5.75 Å². The number of hydrogen-bond acceptors (Lipinski definition) is 5. The van der Waals surface area contributed by atoms with Crippen LogP contribution in [0.1, 0.15) is 23.1 Å². The van der Waals surface area contributed by atoms with Crippen molar-refractivity contribution in [2.75, 3.05) is 27.2 Å². The fourth-order valence-electron chi connectivity index (χ4n) is 3.57. The van der Waals surface area contributed by atoms with Gasteiger partial charge in [0.25, 0.3) is 0 Å². The Morgan fingerprint density at radius 1 is 1.31 bits per heavy atom. The van der Waals surface area contributed by atoms with Gasteiger partial charge in [-0.15, -0.1) is 0 Å². The maximum Gasteiger partial charge on any atom is 0.237 e. The molecular formula is C22H28N4O3. The number of rotatable bonds is 7. The lowest BCUT2D eigenvalue weighted by molar-refractivity contribution is -0.138. The largest absolute Gasteiger partial charge is 0.496 e. The molecule has 1 saturated heterocycles. The molecule has 7 nitrogen and oxygen atoms in total. The second-order valence-electron chi connectivity index (χ2n) is 7.35. The van der Waals surface area contributed by atoms with Gasteiger partial charge in [0.1, 0.15) is 5.75 Å². The summed E-state index contributed by atoms with van der Waals surface area (Å²) in [7, 11) is 3.41. The topological polar surface area (TPSA) is 74.8 Å². The van der Waals surface area contributed by atoms with Gasteiger partial charge in [0, 0.05) is 51.2 Å². The summed E-state index contributed by atoms with van der Waals surface area (Å²) in [6.45, 7) is 4.29. The molecule has 1 aromatic heterocycles. The highest BCUT2D eigenvalue weighted by molar-refractivity contribution is 5.88. The molecule has 3 rings (SSSR count). The summed E-state index contributed by atoms with van der Waals surface area (Å²) in [4.78, 5) is 33.2. The van der Waals surface area contributed by atoms with Crippen LogP contribution in [0, 0.1) is 6.92 Å². The molecule has 1 aliphatic rings. The molecule has 1 atom stereocenters. The van der Waals surface area contributed by atoms with Gasteiger partial charge in [-0.05, 0) is 30.2 Å². The first-order chi connectivity index (χ1) is 14.0. The molecule has 1 aromatic carbocycles. The Labute approximate surface area is 171 Å². The number of nitrogens with one attached hydrogen (secondary N) is 1. The van der Waals surface area contributed by atoms with E-state index in [0.29, 0.717) is 26.2 Å². The van der Waals surface area contributed by atoms with Crippen LogP contribution in [-0.2, 0) is 22.7 Å². The molecule has 1 unspecified atom stereocenters. The molecule has 7 heteroatoms. The van der Waals surface area contributed by atoms with E-state index in [4.69, 9.17) is 4.74 Å². The van der Waals surface area contributed by atoms with Crippen molar-refractivity contribution >= 4 is 11.8 Å². The molecular weight excluding hydrogens is 368 g/mol. The van der Waals surface area contributed by atoms with Crippen LogP contribution in [0.15, 0.2) is 42.7 Å². The predicted octanol–water partition coefficient (Wildman–Crippen LogP) is 1.75. The van der Waals surface area contributed by atoms with E-state index >= 15 is 0 Å². The SMILES string of the molecule is COc1ccccc1CN1CCNC(=O)C1CC(=O)N(C)Cc1ccncc1C. The number of benzene rings is 1. The first-order valence-corrected chi connectivity index (χ1v) is 9.76. The highest BCUT2D eigenvalue weighted by Crippen LogP contribution is 2.22. The van der Waals surface area contributed by atoms with E-state index in [-0.39, 0.29) is 18.2 Å². The average Bonchev–Trinajstić information content (AvgIpc) is 2.72. The number of methoxy groups -OCH3 is 1. The van der Waals surface area contributed by atoms with Crippen LogP contribution in [0.3, 0.4) is 0 Å². The second-order valence-corrected chi connectivity index (χ2v) is 7.35. The molecule has 0 saturated carbocycles. The van der Waals surface area contributed by atoms with Gasteiger partial charge in [0.15, 0.2) is 0 Å². The lowest BCUT2D eigenvalue weighted by atomic mass is 10.1. The van der Waals surface area contributed by atoms with Gasteiger partial charge in [-0.3, -0.25) is 19.5 Å². The number of aryl methyl sites for hydroxylation is 1. The zero-order valence-corrected chi connectivity index (χ0v) is 17.2. The average molecular weight is 396 g/mol. The molecule has 0 aliphatic carbocycles. The highest BCUT2D eigenvalue weighted by atomic mass is 16.5. The minimum Gasteiger partial charge on any atom is -0.496 e. The predicted molar refractivity (Wildman–Crippen MR) is 110 cm³/mol. The number of piperazine rings is 1. The van der Waals surface area contributed by atoms with Crippen molar-refractivity contribution in [2.45, 2.75) is 32.5 Å². The van der Waals surface area contributed by atoms with Crippen molar-refractivity contribution < 1.29 is 14.3 Å². The summed E-state index contributed by atoms with van der Waals surface area (Å²) >= 11 is 0. The van der Waals surface area contributed by atoms with Crippen LogP contribution in [-0.4, -0.2) is 59.9 Å². The Kier molecular flexibility index (Phi) is 6.82. The van der Waals surface area contributed by atoms with Crippen LogP contribution < -0.4 is 10.1 Å². The molecule has 0 spiro atoms. The number of amides is 2. The van der Waals surface area contributed by atoms with Crippen molar-refractivity contribution in [1.82, 2.24) is 20.1 Å². The van der Waals surface area contributed by atoms with Gasteiger partial charge in [-0.1, -0.05) is 18.2 Å². The second kappa shape index (κ2) is 9.52. The molecule has 2 amide bonds. The number of hydrogen-bond donors (Lipinski definition) is 1. The number of aromatic nitrogens is 1. The standard InChI is InChI=1S/C22H28N4O3/c1-16-13-23-9-8-17(16)14-25(2)21(27)12-19-22(28)24-10-11-26(19)15-18-6-4-5-7-20(18)29-3/h4-9,13,19H,10-12,14-15H2,1-3H3,(H,24,28).